The molecule has 19 heavy (non-hydrogen) atoms. The highest BCUT2D eigenvalue weighted by Gasteiger charge is 2.05. The van der Waals surface area contributed by atoms with E-state index in [2.05, 4.69) is 29.6 Å². The van der Waals surface area contributed by atoms with Crippen molar-refractivity contribution in [3.05, 3.63) is 35.4 Å². The van der Waals surface area contributed by atoms with Gasteiger partial charge in [0.25, 0.3) is 0 Å². The molecule has 0 saturated carbocycles. The molecule has 1 rings (SSSR count). The summed E-state index contributed by atoms with van der Waals surface area (Å²) in [6, 6.07) is 8.25. The second kappa shape index (κ2) is 7.28. The fraction of sp³-hybridized carbons (Fsp3) is 0.500. The van der Waals surface area contributed by atoms with E-state index < -0.39 is 9.84 Å². The fourth-order valence-corrected chi connectivity index (χ4v) is 2.14. The van der Waals surface area contributed by atoms with Crippen LogP contribution >= 0.6 is 0 Å². The maximum absolute atomic E-state index is 11.5. The van der Waals surface area contributed by atoms with Gasteiger partial charge in [-0.05, 0) is 25.3 Å². The van der Waals surface area contributed by atoms with E-state index in [1.165, 1.54) is 11.1 Å². The summed E-state index contributed by atoms with van der Waals surface area (Å²) >= 11 is 0. The number of benzene rings is 1. The first-order valence-corrected chi connectivity index (χ1v) is 8.43. The lowest BCUT2D eigenvalue weighted by Crippen LogP contribution is -2.28. The van der Waals surface area contributed by atoms with E-state index in [0.29, 0.717) is 6.42 Å². The van der Waals surface area contributed by atoms with E-state index in [0.717, 1.165) is 19.1 Å². The maximum Gasteiger partial charge on any atom is 0.220 e. The molecule has 5 heteroatoms. The Morgan fingerprint density at radius 1 is 1.21 bits per heavy atom. The van der Waals surface area contributed by atoms with Crippen LogP contribution < -0.4 is 5.32 Å². The summed E-state index contributed by atoms with van der Waals surface area (Å²) in [4.78, 5) is 11.5. The molecule has 1 amide bonds. The molecule has 0 radical (unpaired) electrons. The number of nitrogens with one attached hydrogen (secondary N) is 1. The largest absolute Gasteiger partial charge is 0.355 e. The Labute approximate surface area is 115 Å². The Bertz CT molecular complexity index is 506. The Balaban J connectivity index is 2.18. The van der Waals surface area contributed by atoms with Gasteiger partial charge in [0.2, 0.25) is 5.91 Å². The van der Waals surface area contributed by atoms with E-state index in [-0.39, 0.29) is 18.2 Å². The van der Waals surface area contributed by atoms with E-state index in [1.807, 2.05) is 6.92 Å². The molecule has 0 aliphatic heterocycles. The van der Waals surface area contributed by atoms with E-state index in [4.69, 9.17) is 0 Å². The third-order valence-corrected chi connectivity index (χ3v) is 3.73. The molecule has 1 N–H and O–H groups in total. The van der Waals surface area contributed by atoms with Crippen LogP contribution in [0.5, 0.6) is 0 Å². The molecule has 1 aromatic carbocycles. The summed E-state index contributed by atoms with van der Waals surface area (Å²) < 4.78 is 21.8. The Morgan fingerprint density at radius 2 is 1.84 bits per heavy atom. The molecule has 0 atom stereocenters. The van der Waals surface area contributed by atoms with Crippen molar-refractivity contribution in [3.63, 3.8) is 0 Å². The number of hydrogen-bond acceptors (Lipinski definition) is 3. The van der Waals surface area contributed by atoms with Gasteiger partial charge in [-0.1, -0.05) is 29.8 Å². The van der Waals surface area contributed by atoms with E-state index in [1.54, 1.807) is 0 Å². The molecule has 0 saturated heterocycles. The van der Waals surface area contributed by atoms with Crippen molar-refractivity contribution < 1.29 is 13.2 Å². The second-order valence-corrected chi connectivity index (χ2v) is 7.08. The predicted molar refractivity (Wildman–Crippen MR) is 76.8 cm³/mol. The second-order valence-electron chi connectivity index (χ2n) is 4.82. The minimum absolute atomic E-state index is 0.00327. The standard InChI is InChI=1S/C14H21NO3S/c1-12-6-8-13(9-7-12)4-3-5-14(16)15-10-11-19(2,17)18/h6-9H,3-5,10-11H2,1-2H3,(H,15,16). The summed E-state index contributed by atoms with van der Waals surface area (Å²) in [6.45, 7) is 2.24. The minimum atomic E-state index is -3.00. The third-order valence-electron chi connectivity index (χ3n) is 2.78. The van der Waals surface area contributed by atoms with Crippen molar-refractivity contribution in [3.8, 4) is 0 Å². The minimum Gasteiger partial charge on any atom is -0.355 e. The number of sulfone groups is 1. The number of amides is 1. The van der Waals surface area contributed by atoms with Gasteiger partial charge in [-0.3, -0.25) is 4.79 Å². The molecule has 0 aromatic heterocycles. The zero-order valence-electron chi connectivity index (χ0n) is 11.5. The van der Waals surface area contributed by atoms with Crippen LogP contribution in [0.3, 0.4) is 0 Å². The van der Waals surface area contributed by atoms with Crippen molar-refractivity contribution in [2.24, 2.45) is 0 Å². The predicted octanol–water partition coefficient (Wildman–Crippen LogP) is 1.48. The van der Waals surface area contributed by atoms with E-state index >= 15 is 0 Å². The van der Waals surface area contributed by atoms with E-state index in [9.17, 15) is 13.2 Å². The Morgan fingerprint density at radius 3 is 2.42 bits per heavy atom. The average Bonchev–Trinajstić information content (AvgIpc) is 2.30. The molecular weight excluding hydrogens is 262 g/mol. The van der Waals surface area contributed by atoms with Gasteiger partial charge < -0.3 is 5.32 Å². The first-order valence-electron chi connectivity index (χ1n) is 6.37. The van der Waals surface area contributed by atoms with Crippen molar-refractivity contribution in [2.75, 3.05) is 18.6 Å². The number of hydrogen-bond donors (Lipinski definition) is 1. The van der Waals surface area contributed by atoms with Crippen LogP contribution in [0.4, 0.5) is 0 Å². The molecule has 0 aliphatic rings. The maximum atomic E-state index is 11.5. The topological polar surface area (TPSA) is 63.2 Å². The van der Waals surface area contributed by atoms with Crippen molar-refractivity contribution >= 4 is 15.7 Å². The molecule has 1 aromatic rings. The number of aryl methyl sites for hydroxylation is 2. The Kier molecular flexibility index (Phi) is 6.02. The molecule has 0 heterocycles. The lowest BCUT2D eigenvalue weighted by molar-refractivity contribution is -0.121. The molecule has 106 valence electrons. The quantitative estimate of drug-likeness (QED) is 0.824. The lowest BCUT2D eigenvalue weighted by atomic mass is 10.1. The molecule has 0 unspecified atom stereocenters. The van der Waals surface area contributed by atoms with Gasteiger partial charge in [-0.15, -0.1) is 0 Å². The lowest BCUT2D eigenvalue weighted by Gasteiger charge is -2.05. The summed E-state index contributed by atoms with van der Waals surface area (Å²) in [6.07, 6.45) is 3.22. The molecule has 0 spiro atoms. The smallest absolute Gasteiger partial charge is 0.220 e. The van der Waals surface area contributed by atoms with Gasteiger partial charge in [-0.2, -0.15) is 0 Å². The van der Waals surface area contributed by atoms with Crippen LogP contribution in [0.15, 0.2) is 24.3 Å². The Hall–Kier alpha value is -1.36. The molecular formula is C14H21NO3S. The molecule has 4 nitrogen and oxygen atoms in total. The van der Waals surface area contributed by atoms with Crippen molar-refractivity contribution in [1.82, 2.24) is 5.32 Å². The summed E-state index contributed by atoms with van der Waals surface area (Å²) in [5.74, 6) is -0.0905. The van der Waals surface area contributed by atoms with Crippen molar-refractivity contribution in [2.45, 2.75) is 26.2 Å². The fourth-order valence-electron chi connectivity index (χ4n) is 1.67. The van der Waals surface area contributed by atoms with Crippen LogP contribution in [-0.2, 0) is 21.1 Å². The van der Waals surface area contributed by atoms with Gasteiger partial charge in [0.15, 0.2) is 0 Å². The van der Waals surface area contributed by atoms with Crippen LogP contribution in [0.1, 0.15) is 24.0 Å². The third kappa shape index (κ3) is 7.62. The zero-order chi connectivity index (χ0) is 14.3. The first kappa shape index (κ1) is 15.7. The number of rotatable bonds is 7. The molecule has 0 aliphatic carbocycles. The average molecular weight is 283 g/mol. The highest BCUT2D eigenvalue weighted by Crippen LogP contribution is 2.07. The normalized spacial score (nSPS) is 11.3. The summed E-state index contributed by atoms with van der Waals surface area (Å²) in [5, 5.41) is 2.62. The number of carbonyl (C=O) groups excluding carboxylic acids is 1. The van der Waals surface area contributed by atoms with Crippen molar-refractivity contribution in [1.29, 1.82) is 0 Å². The van der Waals surface area contributed by atoms with Crippen LogP contribution in [-0.4, -0.2) is 32.9 Å². The highest BCUT2D eigenvalue weighted by atomic mass is 32.2. The van der Waals surface area contributed by atoms with Gasteiger partial charge in [0.1, 0.15) is 9.84 Å². The zero-order valence-corrected chi connectivity index (χ0v) is 12.3. The van der Waals surface area contributed by atoms with Gasteiger partial charge in [0.05, 0.1) is 5.75 Å². The van der Waals surface area contributed by atoms with Crippen LogP contribution in [0.25, 0.3) is 0 Å². The molecule has 0 bridgehead atoms. The highest BCUT2D eigenvalue weighted by molar-refractivity contribution is 7.90. The van der Waals surface area contributed by atoms with Gasteiger partial charge in [-0.25, -0.2) is 8.42 Å². The first-order chi connectivity index (χ1) is 8.87. The monoisotopic (exact) mass is 283 g/mol. The SMILES string of the molecule is Cc1ccc(CCCC(=O)NCCS(C)(=O)=O)cc1. The summed E-state index contributed by atoms with van der Waals surface area (Å²) in [5.41, 5.74) is 2.44. The van der Waals surface area contributed by atoms with Gasteiger partial charge in [0, 0.05) is 19.2 Å². The number of carbonyl (C=O) groups is 1. The van der Waals surface area contributed by atoms with Gasteiger partial charge >= 0.3 is 0 Å². The summed E-state index contributed by atoms with van der Waals surface area (Å²) in [7, 11) is -3.00. The molecule has 0 fully saturated rings. The van der Waals surface area contributed by atoms with Crippen LogP contribution in [0, 0.1) is 6.92 Å². The van der Waals surface area contributed by atoms with Crippen LogP contribution in [0.2, 0.25) is 0 Å².